The molecule has 0 atom stereocenters. The average Bonchev–Trinajstić information content (AvgIpc) is 2.21. The lowest BCUT2D eigenvalue weighted by Crippen LogP contribution is -2.23. The second-order valence-electron chi connectivity index (χ2n) is 3.13. The Kier molecular flexibility index (Phi) is 2.27. The van der Waals surface area contributed by atoms with E-state index in [-0.39, 0.29) is 5.56 Å². The molecule has 0 saturated carbocycles. The van der Waals surface area contributed by atoms with E-state index in [1.165, 1.54) is 0 Å². The molecule has 0 aromatic heterocycles. The summed E-state index contributed by atoms with van der Waals surface area (Å²) >= 11 is 6.29. The van der Waals surface area contributed by atoms with Crippen LogP contribution >= 0.6 is 31.9 Å². The Bertz CT molecular complexity index is 429. The van der Waals surface area contributed by atoms with Gasteiger partial charge in [0.2, 0.25) is 5.78 Å². The van der Waals surface area contributed by atoms with Crippen molar-refractivity contribution in [2.75, 3.05) is 0 Å². The van der Waals surface area contributed by atoms with Crippen LogP contribution < -0.4 is 0 Å². The number of rotatable bonds is 0. The summed E-state index contributed by atoms with van der Waals surface area (Å²) in [5, 5.41) is 0. The molecule has 1 aromatic rings. The molecule has 2 rings (SSSR count). The number of alkyl halides is 2. The molecule has 14 heavy (non-hydrogen) atoms. The Labute approximate surface area is 95.7 Å². The summed E-state index contributed by atoms with van der Waals surface area (Å²) in [5.74, 6) is -4.34. The first-order valence-electron chi connectivity index (χ1n) is 3.82. The molecular weight excluding hydrogens is 322 g/mol. The van der Waals surface area contributed by atoms with E-state index in [0.29, 0.717) is 14.5 Å². The maximum atomic E-state index is 13.1. The van der Waals surface area contributed by atoms with E-state index in [0.717, 1.165) is 0 Å². The molecule has 0 saturated heterocycles. The number of halogens is 4. The first-order valence-corrected chi connectivity index (χ1v) is 5.41. The lowest BCUT2D eigenvalue weighted by atomic mass is 10.1. The third kappa shape index (κ3) is 1.42. The molecule has 1 aliphatic rings. The molecule has 1 aromatic carbocycles. The highest BCUT2D eigenvalue weighted by Crippen LogP contribution is 2.39. The fourth-order valence-corrected chi connectivity index (χ4v) is 3.02. The Hall–Kier alpha value is -0.290. The van der Waals surface area contributed by atoms with E-state index in [1.807, 2.05) is 0 Å². The van der Waals surface area contributed by atoms with Crippen LogP contribution in [0.2, 0.25) is 0 Å². The van der Waals surface area contributed by atoms with E-state index >= 15 is 0 Å². The van der Waals surface area contributed by atoms with Crippen LogP contribution in [0.3, 0.4) is 0 Å². The monoisotopic (exact) mass is 324 g/mol. The molecule has 0 aliphatic heterocycles. The number of hydrogen-bond donors (Lipinski definition) is 0. The molecule has 0 bridgehead atoms. The summed E-state index contributed by atoms with van der Waals surface area (Å²) in [4.78, 5) is 11.3. The Balaban J connectivity index is 2.66. The normalized spacial score (nSPS) is 18.4. The van der Waals surface area contributed by atoms with Gasteiger partial charge in [0.05, 0.1) is 0 Å². The van der Waals surface area contributed by atoms with Gasteiger partial charge in [0.25, 0.3) is 0 Å². The van der Waals surface area contributed by atoms with Crippen molar-refractivity contribution in [2.45, 2.75) is 12.3 Å². The van der Waals surface area contributed by atoms with Gasteiger partial charge in [-0.1, -0.05) is 15.9 Å². The van der Waals surface area contributed by atoms with Crippen molar-refractivity contribution >= 4 is 37.6 Å². The maximum Gasteiger partial charge on any atom is 0.313 e. The van der Waals surface area contributed by atoms with Crippen molar-refractivity contribution in [3.63, 3.8) is 0 Å². The first kappa shape index (κ1) is 10.2. The molecule has 0 fully saturated rings. The van der Waals surface area contributed by atoms with Gasteiger partial charge in [-0.2, -0.15) is 8.78 Å². The summed E-state index contributed by atoms with van der Waals surface area (Å²) in [6, 6.07) is 3.15. The zero-order valence-corrected chi connectivity index (χ0v) is 9.95. The fraction of sp³-hybridized carbons (Fsp3) is 0.222. The first-order chi connectivity index (χ1) is 6.42. The van der Waals surface area contributed by atoms with E-state index < -0.39 is 18.1 Å². The molecule has 74 valence electrons. The van der Waals surface area contributed by atoms with Crippen LogP contribution in [0.5, 0.6) is 0 Å². The highest BCUT2D eigenvalue weighted by Gasteiger charge is 2.47. The molecule has 0 heterocycles. The van der Waals surface area contributed by atoms with Crippen molar-refractivity contribution in [1.82, 2.24) is 0 Å². The topological polar surface area (TPSA) is 17.1 Å². The van der Waals surface area contributed by atoms with Gasteiger partial charge >= 0.3 is 5.92 Å². The predicted molar refractivity (Wildman–Crippen MR) is 54.8 cm³/mol. The molecular formula is C9H4Br2F2O. The molecule has 0 radical (unpaired) electrons. The summed E-state index contributed by atoms with van der Waals surface area (Å²) in [5.41, 5.74) is 0.499. The van der Waals surface area contributed by atoms with Crippen LogP contribution in [0.25, 0.3) is 0 Å². The molecule has 5 heteroatoms. The fourth-order valence-electron chi connectivity index (χ4n) is 1.52. The van der Waals surface area contributed by atoms with Crippen molar-refractivity contribution < 1.29 is 13.6 Å². The minimum absolute atomic E-state index is 0.109. The lowest BCUT2D eigenvalue weighted by Gasteiger charge is -2.03. The van der Waals surface area contributed by atoms with Gasteiger partial charge in [-0.3, -0.25) is 4.79 Å². The number of carbonyl (C=O) groups is 1. The number of hydrogen-bond acceptors (Lipinski definition) is 1. The second-order valence-corrected chi connectivity index (χ2v) is 4.90. The summed E-state index contributed by atoms with van der Waals surface area (Å²) in [6.45, 7) is 0. The van der Waals surface area contributed by atoms with E-state index in [9.17, 15) is 13.6 Å². The van der Waals surface area contributed by atoms with Gasteiger partial charge in [0.15, 0.2) is 0 Å². The quantitative estimate of drug-likeness (QED) is 0.712. The number of fused-ring (bicyclic) bond motifs is 1. The number of Topliss-reactive ketones (excluding diaryl/α,β-unsaturated/α-hetero) is 1. The zero-order valence-electron chi connectivity index (χ0n) is 6.78. The van der Waals surface area contributed by atoms with Crippen LogP contribution in [0.15, 0.2) is 21.1 Å². The van der Waals surface area contributed by atoms with E-state index in [1.54, 1.807) is 12.1 Å². The van der Waals surface area contributed by atoms with Gasteiger partial charge in [-0.15, -0.1) is 0 Å². The van der Waals surface area contributed by atoms with Crippen LogP contribution in [-0.2, 0) is 6.42 Å². The average molecular weight is 326 g/mol. The molecule has 1 aliphatic carbocycles. The van der Waals surface area contributed by atoms with Crippen molar-refractivity contribution in [3.8, 4) is 0 Å². The van der Waals surface area contributed by atoms with Crippen LogP contribution in [0, 0.1) is 0 Å². The van der Waals surface area contributed by atoms with Crippen molar-refractivity contribution in [2.24, 2.45) is 0 Å². The smallest absolute Gasteiger partial charge is 0.287 e. The molecule has 1 nitrogen and oxygen atoms in total. The molecule has 0 spiro atoms. The lowest BCUT2D eigenvalue weighted by molar-refractivity contribution is 0.0167. The number of ketones is 1. The Morgan fingerprint density at radius 1 is 1.29 bits per heavy atom. The van der Waals surface area contributed by atoms with Gasteiger partial charge in [-0.05, 0) is 33.6 Å². The minimum Gasteiger partial charge on any atom is -0.287 e. The second kappa shape index (κ2) is 3.10. The Morgan fingerprint density at radius 3 is 2.57 bits per heavy atom. The zero-order chi connectivity index (χ0) is 10.5. The highest BCUT2D eigenvalue weighted by atomic mass is 79.9. The minimum atomic E-state index is -3.24. The highest BCUT2D eigenvalue weighted by molar-refractivity contribution is 9.11. The maximum absolute atomic E-state index is 13.1. The van der Waals surface area contributed by atoms with Crippen LogP contribution in [0.4, 0.5) is 8.78 Å². The van der Waals surface area contributed by atoms with Crippen LogP contribution in [0.1, 0.15) is 15.9 Å². The van der Waals surface area contributed by atoms with E-state index in [4.69, 9.17) is 0 Å². The Morgan fingerprint density at radius 2 is 1.93 bits per heavy atom. The number of carbonyl (C=O) groups excluding carboxylic acids is 1. The summed E-state index contributed by atoms with van der Waals surface area (Å²) in [6.07, 6.45) is -0.501. The van der Waals surface area contributed by atoms with Gasteiger partial charge < -0.3 is 0 Å². The third-order valence-electron chi connectivity index (χ3n) is 2.11. The number of benzene rings is 1. The molecule has 0 N–H and O–H groups in total. The largest absolute Gasteiger partial charge is 0.313 e. The van der Waals surface area contributed by atoms with Gasteiger partial charge in [-0.25, -0.2) is 0 Å². The predicted octanol–water partition coefficient (Wildman–Crippen LogP) is 3.59. The van der Waals surface area contributed by atoms with Crippen LogP contribution in [-0.4, -0.2) is 11.7 Å². The third-order valence-corrected chi connectivity index (χ3v) is 3.19. The summed E-state index contributed by atoms with van der Waals surface area (Å²) in [7, 11) is 0. The SMILES string of the molecule is O=C1c2c(Br)cc(Br)cc2CC1(F)F. The standard InChI is InChI=1S/C9H4Br2F2O/c10-5-1-4-3-9(12,13)8(14)7(4)6(11)2-5/h1-2H,3H2. The van der Waals surface area contributed by atoms with Crippen molar-refractivity contribution in [3.05, 3.63) is 32.2 Å². The summed E-state index contributed by atoms with van der Waals surface area (Å²) < 4.78 is 27.2. The molecule has 0 amide bonds. The van der Waals surface area contributed by atoms with Gasteiger partial charge in [0, 0.05) is 20.9 Å². The molecule has 0 unspecified atom stereocenters. The van der Waals surface area contributed by atoms with Gasteiger partial charge in [0.1, 0.15) is 0 Å². The van der Waals surface area contributed by atoms with E-state index in [2.05, 4.69) is 31.9 Å². The van der Waals surface area contributed by atoms with Crippen molar-refractivity contribution in [1.29, 1.82) is 0 Å².